The fourth-order valence-electron chi connectivity index (χ4n) is 7.70. The summed E-state index contributed by atoms with van der Waals surface area (Å²) >= 11 is 0. The van der Waals surface area contributed by atoms with Crippen molar-refractivity contribution in [2.45, 2.75) is 50.6 Å². The Morgan fingerprint density at radius 1 is 0.447 bits per heavy atom. The second-order valence-electron chi connectivity index (χ2n) is 17.6. The number of rotatable bonds is 13. The molecule has 12 nitrogen and oxygen atoms in total. The van der Waals surface area contributed by atoms with Gasteiger partial charge in [-0.25, -0.2) is 26.0 Å². The maximum absolute atomic E-state index is 13.0. The predicted molar refractivity (Wildman–Crippen MR) is 297 cm³/mol. The maximum atomic E-state index is 13.0. The first-order valence-corrected chi connectivity index (χ1v) is 27.1. The minimum Gasteiger partial charge on any atom is -0.744 e. The zero-order valence-corrected chi connectivity index (χ0v) is 44.0. The molecule has 2 aromatic heterocycles. The summed E-state index contributed by atoms with van der Waals surface area (Å²) in [5, 5.41) is 5.89. The van der Waals surface area contributed by atoms with Gasteiger partial charge in [0, 0.05) is 46.3 Å². The third-order valence-corrected chi connectivity index (χ3v) is 13.8. The summed E-state index contributed by atoms with van der Waals surface area (Å²) < 4.78 is 66.6. The number of benzene rings is 7. The van der Waals surface area contributed by atoms with E-state index in [1.807, 2.05) is 86.8 Å². The van der Waals surface area contributed by atoms with Gasteiger partial charge in [-0.2, -0.15) is 0 Å². The molecule has 0 aliphatic heterocycles. The lowest BCUT2D eigenvalue weighted by Crippen LogP contribution is -2.30. The van der Waals surface area contributed by atoms with Gasteiger partial charge in [0.25, 0.3) is 5.91 Å². The standard InChI is InChI=1S/C48H40N4O2.2C7H8O3S/c1-3-51-31-5-7-43(33-51)40-20-18-37(19-21-40)36-14-16-38(17-15-36)39-22-28-46(29-23-39)50-48(54)42-12-9-35(10-13-42)11-30-47(53)49-45-26-24-41(25-27-45)44-8-6-32-52(4-2)34-44;2*1-6-2-4-7(5-3-6)11(8,9)10/h5-34H,3-4H2,1-2H3;2*2-5H,1H3,(H,8,9,10)/b30-11+;;. The molecule has 14 heteroatoms. The van der Waals surface area contributed by atoms with Gasteiger partial charge in [0.15, 0.2) is 24.8 Å². The van der Waals surface area contributed by atoms with Crippen LogP contribution in [0.3, 0.4) is 0 Å². The van der Waals surface area contributed by atoms with Gasteiger partial charge in [0.1, 0.15) is 33.3 Å². The van der Waals surface area contributed by atoms with Gasteiger partial charge in [-0.15, -0.1) is 0 Å². The first kappa shape index (κ1) is 55.1. The number of amides is 2. The molecule has 0 saturated heterocycles. The first-order chi connectivity index (χ1) is 36.4. The Kier molecular flexibility index (Phi) is 18.5. The number of hydrogen-bond acceptors (Lipinski definition) is 8. The third kappa shape index (κ3) is 15.9. The minimum absolute atomic E-state index is 0.178. The number of nitrogens with one attached hydrogen (secondary N) is 2. The molecular weight excluding hydrogens is 993 g/mol. The average Bonchev–Trinajstić information content (AvgIpc) is 3.43. The van der Waals surface area contributed by atoms with Gasteiger partial charge in [0.05, 0.1) is 9.79 Å². The lowest BCUT2D eigenvalue weighted by Gasteiger charge is -2.09. The van der Waals surface area contributed by atoms with Crippen molar-refractivity contribution in [1.82, 2.24) is 0 Å². The van der Waals surface area contributed by atoms with Crippen molar-refractivity contribution in [3.05, 3.63) is 247 Å². The van der Waals surface area contributed by atoms with E-state index in [4.69, 9.17) is 0 Å². The monoisotopic (exact) mass is 1050 g/mol. The van der Waals surface area contributed by atoms with Crippen LogP contribution in [0.15, 0.2) is 235 Å². The van der Waals surface area contributed by atoms with E-state index in [2.05, 4.69) is 119 Å². The first-order valence-electron chi connectivity index (χ1n) is 24.3. The number of hydrogen-bond donors (Lipinski definition) is 2. The van der Waals surface area contributed by atoms with E-state index < -0.39 is 20.2 Å². The Morgan fingerprint density at radius 2 is 0.789 bits per heavy atom. The fraction of sp³-hybridized carbons (Fsp3) is 0.0968. The molecule has 0 atom stereocenters. The van der Waals surface area contributed by atoms with E-state index >= 15 is 0 Å². The molecule has 76 heavy (non-hydrogen) atoms. The Hall–Kier alpha value is -8.66. The summed E-state index contributed by atoms with van der Waals surface area (Å²) in [5.41, 5.74) is 13.7. The summed E-state index contributed by atoms with van der Waals surface area (Å²) in [4.78, 5) is 25.2. The maximum Gasteiger partial charge on any atom is 0.255 e. The number of carbonyl (C=O) groups is 2. The summed E-state index contributed by atoms with van der Waals surface area (Å²) in [7, 11) is -8.54. The van der Waals surface area contributed by atoms with Gasteiger partial charge in [-0.3, -0.25) is 9.59 Å². The van der Waals surface area contributed by atoms with E-state index in [0.717, 1.165) is 63.3 Å². The molecule has 2 amide bonds. The Bertz CT molecular complexity index is 3590. The summed E-state index contributed by atoms with van der Waals surface area (Å²) in [5.74, 6) is -0.433. The molecule has 0 saturated carbocycles. The topological polar surface area (TPSA) is 180 Å². The summed E-state index contributed by atoms with van der Waals surface area (Å²) in [6.45, 7) is 9.74. The van der Waals surface area contributed by atoms with Gasteiger partial charge in [-0.05, 0) is 146 Å². The number of pyridine rings is 2. The molecule has 0 spiro atoms. The van der Waals surface area contributed by atoms with Crippen molar-refractivity contribution in [2.24, 2.45) is 0 Å². The van der Waals surface area contributed by atoms with E-state index in [-0.39, 0.29) is 21.6 Å². The smallest absolute Gasteiger partial charge is 0.255 e. The molecule has 384 valence electrons. The van der Waals surface area contributed by atoms with E-state index in [1.165, 1.54) is 47.0 Å². The second kappa shape index (κ2) is 25.5. The van der Waals surface area contributed by atoms with Crippen LogP contribution in [0.25, 0.3) is 50.6 Å². The molecule has 9 aromatic rings. The molecule has 7 aromatic carbocycles. The zero-order chi connectivity index (χ0) is 54.2. The van der Waals surface area contributed by atoms with Crippen LogP contribution >= 0.6 is 0 Å². The van der Waals surface area contributed by atoms with E-state index in [1.54, 1.807) is 42.5 Å². The van der Waals surface area contributed by atoms with Gasteiger partial charge in [0.2, 0.25) is 5.91 Å². The van der Waals surface area contributed by atoms with E-state index in [0.29, 0.717) is 11.3 Å². The Labute approximate surface area is 444 Å². The SMILES string of the molecule is CC[n+]1cccc(-c2ccc(NC(=O)/C=C/c3ccc(C(=O)Nc4ccc(-c5ccc(-c6ccc(-c7ccc[n+](CC)c7)cc6)cc5)cc4)cc3)cc2)c1.Cc1ccc(S(=O)(=O)[O-])cc1.Cc1ccc(S(=O)(=O)[O-])cc1. The van der Waals surface area contributed by atoms with Crippen LogP contribution in [0.1, 0.15) is 40.9 Å². The largest absolute Gasteiger partial charge is 0.744 e. The van der Waals surface area contributed by atoms with Crippen molar-refractivity contribution in [3.8, 4) is 44.5 Å². The molecule has 0 bridgehead atoms. The number of aromatic nitrogens is 2. The molecule has 0 radical (unpaired) electrons. The quantitative estimate of drug-likeness (QED) is 0.0650. The Balaban J connectivity index is 0.000000314. The molecule has 0 unspecified atom stereocenters. The second-order valence-corrected chi connectivity index (χ2v) is 20.3. The number of carbonyl (C=O) groups excluding carboxylic acids is 2. The molecule has 2 N–H and O–H groups in total. The van der Waals surface area contributed by atoms with Gasteiger partial charge >= 0.3 is 0 Å². The van der Waals surface area contributed by atoms with Crippen LogP contribution < -0.4 is 19.8 Å². The van der Waals surface area contributed by atoms with Crippen LogP contribution in [-0.4, -0.2) is 37.8 Å². The van der Waals surface area contributed by atoms with E-state index in [9.17, 15) is 35.5 Å². The van der Waals surface area contributed by atoms with Crippen molar-refractivity contribution >= 4 is 49.5 Å². The molecule has 0 fully saturated rings. The van der Waals surface area contributed by atoms with Gasteiger partial charge in [-0.1, -0.05) is 120 Å². The van der Waals surface area contributed by atoms with Crippen molar-refractivity contribution in [2.75, 3.05) is 10.6 Å². The van der Waals surface area contributed by atoms with Crippen molar-refractivity contribution in [1.29, 1.82) is 0 Å². The van der Waals surface area contributed by atoms with Crippen LogP contribution in [0.2, 0.25) is 0 Å². The average molecular weight is 1050 g/mol. The highest BCUT2D eigenvalue weighted by Gasteiger charge is 2.10. The van der Waals surface area contributed by atoms with Crippen molar-refractivity contribution in [3.63, 3.8) is 0 Å². The van der Waals surface area contributed by atoms with Crippen LogP contribution in [0.5, 0.6) is 0 Å². The third-order valence-electron chi connectivity index (χ3n) is 12.1. The van der Waals surface area contributed by atoms with Crippen LogP contribution in [-0.2, 0) is 38.1 Å². The fourth-order valence-corrected chi connectivity index (χ4v) is 8.63. The normalized spacial score (nSPS) is 11.1. The highest BCUT2D eigenvalue weighted by atomic mass is 32.2. The van der Waals surface area contributed by atoms with Gasteiger partial charge < -0.3 is 19.7 Å². The molecule has 9 rings (SSSR count). The highest BCUT2D eigenvalue weighted by Crippen LogP contribution is 2.28. The molecule has 2 heterocycles. The minimum atomic E-state index is -4.27. The van der Waals surface area contributed by atoms with Crippen LogP contribution in [0, 0.1) is 13.8 Å². The zero-order valence-electron chi connectivity index (χ0n) is 42.3. The number of aryl methyl sites for hydroxylation is 4. The van der Waals surface area contributed by atoms with Crippen molar-refractivity contribution < 1.29 is 44.7 Å². The highest BCUT2D eigenvalue weighted by molar-refractivity contribution is 7.86. The van der Waals surface area contributed by atoms with Crippen LogP contribution in [0.4, 0.5) is 11.4 Å². The molecule has 0 aliphatic carbocycles. The number of anilines is 2. The summed E-state index contributed by atoms with van der Waals surface area (Å²) in [6, 6.07) is 59.9. The lowest BCUT2D eigenvalue weighted by molar-refractivity contribution is -0.693. The molecule has 0 aliphatic rings. The summed E-state index contributed by atoms with van der Waals surface area (Å²) in [6.07, 6.45) is 11.6. The lowest BCUT2D eigenvalue weighted by atomic mass is 9.98. The Morgan fingerprint density at radius 3 is 1.14 bits per heavy atom. The molecular formula is C62H56N4O8S2. The predicted octanol–water partition coefficient (Wildman–Crippen LogP) is 11.7. The number of nitrogens with zero attached hydrogens (tertiary/aromatic N) is 2.